The molecule has 0 saturated heterocycles. The van der Waals surface area contributed by atoms with Gasteiger partial charge in [0.2, 0.25) is 0 Å². The summed E-state index contributed by atoms with van der Waals surface area (Å²) in [4.78, 5) is 0. The minimum atomic E-state index is 0.751. The Balaban J connectivity index is 1.65. The van der Waals surface area contributed by atoms with Crippen LogP contribution in [0, 0.1) is 12.8 Å². The monoisotopic (exact) mass is 221 g/mol. The normalized spacial score (nSPS) is 25.1. The van der Waals surface area contributed by atoms with E-state index in [0.717, 1.165) is 25.0 Å². The molecule has 1 aliphatic rings. The number of hydrogen-bond acceptors (Lipinski definition) is 2. The zero-order valence-corrected chi connectivity index (χ0v) is 10.4. The van der Waals surface area contributed by atoms with Gasteiger partial charge in [-0.15, -0.1) is 0 Å². The standard InChI is InChI=1S/C13H23N3/c1-3-12-4-5-13(8-12)14-6-7-16-10-11(2)9-15-16/h9-10,12-14H,3-8H2,1-2H3. The van der Waals surface area contributed by atoms with Crippen LogP contribution >= 0.6 is 0 Å². The van der Waals surface area contributed by atoms with Crippen molar-refractivity contribution in [2.75, 3.05) is 6.54 Å². The number of hydrogen-bond donors (Lipinski definition) is 1. The molecule has 0 radical (unpaired) electrons. The molecule has 0 bridgehead atoms. The molecule has 0 aliphatic heterocycles. The molecule has 1 saturated carbocycles. The van der Waals surface area contributed by atoms with Crippen LogP contribution in [0.1, 0.15) is 38.2 Å². The van der Waals surface area contributed by atoms with E-state index in [1.807, 2.05) is 10.9 Å². The van der Waals surface area contributed by atoms with E-state index in [4.69, 9.17) is 0 Å². The summed E-state index contributed by atoms with van der Waals surface area (Å²) in [6.45, 7) is 6.42. The molecule has 3 heteroatoms. The average molecular weight is 221 g/mol. The van der Waals surface area contributed by atoms with Crippen LogP contribution in [0.4, 0.5) is 0 Å². The minimum absolute atomic E-state index is 0.751. The van der Waals surface area contributed by atoms with Crippen LogP contribution in [-0.4, -0.2) is 22.4 Å². The molecule has 0 amide bonds. The fourth-order valence-corrected chi connectivity index (χ4v) is 2.60. The summed E-state index contributed by atoms with van der Waals surface area (Å²) in [6, 6.07) is 0.751. The van der Waals surface area contributed by atoms with Gasteiger partial charge in [0, 0.05) is 18.8 Å². The van der Waals surface area contributed by atoms with Crippen molar-refractivity contribution < 1.29 is 0 Å². The zero-order chi connectivity index (χ0) is 11.4. The van der Waals surface area contributed by atoms with E-state index in [0.29, 0.717) is 0 Å². The summed E-state index contributed by atoms with van der Waals surface area (Å²) in [7, 11) is 0. The van der Waals surface area contributed by atoms with Crippen molar-refractivity contribution >= 4 is 0 Å². The van der Waals surface area contributed by atoms with Gasteiger partial charge in [0.25, 0.3) is 0 Å². The third kappa shape index (κ3) is 3.08. The Bertz CT molecular complexity index is 319. The maximum atomic E-state index is 4.29. The fraction of sp³-hybridized carbons (Fsp3) is 0.769. The molecular formula is C13H23N3. The average Bonchev–Trinajstić information content (AvgIpc) is 2.88. The Morgan fingerprint density at radius 2 is 2.38 bits per heavy atom. The Morgan fingerprint density at radius 1 is 1.50 bits per heavy atom. The number of nitrogens with zero attached hydrogens (tertiary/aromatic N) is 2. The fourth-order valence-electron chi connectivity index (χ4n) is 2.60. The first-order valence-electron chi connectivity index (χ1n) is 6.50. The van der Waals surface area contributed by atoms with Gasteiger partial charge in [0.15, 0.2) is 0 Å². The lowest BCUT2D eigenvalue weighted by atomic mass is 10.1. The molecule has 1 aromatic rings. The van der Waals surface area contributed by atoms with Gasteiger partial charge in [-0.1, -0.05) is 13.3 Å². The van der Waals surface area contributed by atoms with Crippen molar-refractivity contribution in [3.8, 4) is 0 Å². The molecular weight excluding hydrogens is 198 g/mol. The Morgan fingerprint density at radius 3 is 3.00 bits per heavy atom. The lowest BCUT2D eigenvalue weighted by molar-refractivity contribution is 0.455. The van der Waals surface area contributed by atoms with Gasteiger partial charge in [-0.25, -0.2) is 0 Å². The van der Waals surface area contributed by atoms with Crippen LogP contribution in [0.15, 0.2) is 12.4 Å². The second-order valence-corrected chi connectivity index (χ2v) is 5.02. The van der Waals surface area contributed by atoms with Gasteiger partial charge < -0.3 is 5.32 Å². The number of rotatable bonds is 5. The van der Waals surface area contributed by atoms with Crippen LogP contribution in [0.25, 0.3) is 0 Å². The molecule has 1 N–H and O–H groups in total. The van der Waals surface area contributed by atoms with Crippen LogP contribution in [0.5, 0.6) is 0 Å². The lowest BCUT2D eigenvalue weighted by Gasteiger charge is -2.12. The molecule has 16 heavy (non-hydrogen) atoms. The molecule has 1 heterocycles. The smallest absolute Gasteiger partial charge is 0.0534 e. The lowest BCUT2D eigenvalue weighted by Crippen LogP contribution is -2.29. The topological polar surface area (TPSA) is 29.9 Å². The molecule has 2 atom stereocenters. The van der Waals surface area contributed by atoms with E-state index in [1.165, 1.54) is 31.2 Å². The van der Waals surface area contributed by atoms with Gasteiger partial charge in [0.05, 0.1) is 12.7 Å². The van der Waals surface area contributed by atoms with Crippen molar-refractivity contribution in [2.24, 2.45) is 5.92 Å². The molecule has 2 unspecified atom stereocenters. The van der Waals surface area contributed by atoms with Gasteiger partial charge in [-0.2, -0.15) is 5.10 Å². The quantitative estimate of drug-likeness (QED) is 0.827. The van der Waals surface area contributed by atoms with Gasteiger partial charge in [-0.05, 0) is 37.7 Å². The summed E-state index contributed by atoms with van der Waals surface area (Å²) >= 11 is 0. The zero-order valence-electron chi connectivity index (χ0n) is 10.4. The molecule has 1 fully saturated rings. The second-order valence-electron chi connectivity index (χ2n) is 5.02. The molecule has 0 spiro atoms. The van der Waals surface area contributed by atoms with Gasteiger partial charge >= 0.3 is 0 Å². The first-order valence-corrected chi connectivity index (χ1v) is 6.50. The van der Waals surface area contributed by atoms with E-state index < -0.39 is 0 Å². The highest BCUT2D eigenvalue weighted by Gasteiger charge is 2.22. The van der Waals surface area contributed by atoms with Crippen LogP contribution in [0.2, 0.25) is 0 Å². The summed E-state index contributed by atoms with van der Waals surface area (Å²) in [5.74, 6) is 0.962. The van der Waals surface area contributed by atoms with Crippen molar-refractivity contribution in [3.05, 3.63) is 18.0 Å². The first kappa shape index (κ1) is 11.6. The van der Waals surface area contributed by atoms with E-state index in [-0.39, 0.29) is 0 Å². The number of aryl methyl sites for hydroxylation is 1. The summed E-state index contributed by atoms with van der Waals surface area (Å²) in [5, 5.41) is 7.93. The predicted molar refractivity (Wildman–Crippen MR) is 66.4 cm³/mol. The number of nitrogens with one attached hydrogen (secondary N) is 1. The molecule has 0 aromatic carbocycles. The maximum absolute atomic E-state index is 4.29. The highest BCUT2D eigenvalue weighted by molar-refractivity contribution is 4.99. The summed E-state index contributed by atoms with van der Waals surface area (Å²) in [6.07, 6.45) is 9.50. The van der Waals surface area contributed by atoms with Crippen LogP contribution in [0.3, 0.4) is 0 Å². The van der Waals surface area contributed by atoms with Crippen molar-refractivity contribution in [1.29, 1.82) is 0 Å². The number of aromatic nitrogens is 2. The van der Waals surface area contributed by atoms with Gasteiger partial charge in [0.1, 0.15) is 0 Å². The predicted octanol–water partition coefficient (Wildman–Crippen LogP) is 2.36. The molecule has 90 valence electrons. The molecule has 1 aromatic heterocycles. The summed E-state index contributed by atoms with van der Waals surface area (Å²) < 4.78 is 2.02. The van der Waals surface area contributed by atoms with E-state index >= 15 is 0 Å². The third-order valence-corrected chi connectivity index (χ3v) is 3.65. The molecule has 1 aliphatic carbocycles. The highest BCUT2D eigenvalue weighted by atomic mass is 15.3. The second kappa shape index (κ2) is 5.48. The van der Waals surface area contributed by atoms with E-state index in [9.17, 15) is 0 Å². The minimum Gasteiger partial charge on any atom is -0.312 e. The van der Waals surface area contributed by atoms with Crippen molar-refractivity contribution in [1.82, 2.24) is 15.1 Å². The third-order valence-electron chi connectivity index (χ3n) is 3.65. The molecule has 3 nitrogen and oxygen atoms in total. The largest absolute Gasteiger partial charge is 0.312 e. The maximum Gasteiger partial charge on any atom is 0.0534 e. The highest BCUT2D eigenvalue weighted by Crippen LogP contribution is 2.27. The summed E-state index contributed by atoms with van der Waals surface area (Å²) in [5.41, 5.74) is 1.24. The van der Waals surface area contributed by atoms with Crippen molar-refractivity contribution in [3.63, 3.8) is 0 Å². The van der Waals surface area contributed by atoms with Crippen LogP contribution in [-0.2, 0) is 6.54 Å². The Hall–Kier alpha value is -0.830. The Labute approximate surface area is 98.2 Å². The first-order chi connectivity index (χ1) is 7.78. The van der Waals surface area contributed by atoms with E-state index in [2.05, 4.69) is 30.5 Å². The Kier molecular flexibility index (Phi) is 3.99. The van der Waals surface area contributed by atoms with Crippen LogP contribution < -0.4 is 5.32 Å². The van der Waals surface area contributed by atoms with E-state index in [1.54, 1.807) is 0 Å². The van der Waals surface area contributed by atoms with Gasteiger partial charge in [-0.3, -0.25) is 4.68 Å². The molecule has 2 rings (SSSR count). The van der Waals surface area contributed by atoms with Crippen molar-refractivity contribution in [2.45, 2.75) is 52.1 Å². The SMILES string of the molecule is CCC1CCC(NCCn2cc(C)cn2)C1.